The van der Waals surface area contributed by atoms with E-state index < -0.39 is 0 Å². The van der Waals surface area contributed by atoms with Crippen molar-refractivity contribution in [3.05, 3.63) is 65.8 Å². The lowest BCUT2D eigenvalue weighted by atomic mass is 10.1. The van der Waals surface area contributed by atoms with Crippen molar-refractivity contribution in [3.63, 3.8) is 0 Å². The van der Waals surface area contributed by atoms with Gasteiger partial charge in [0.2, 0.25) is 5.91 Å². The molecule has 4 nitrogen and oxygen atoms in total. The number of nitrogens with one attached hydrogen (secondary N) is 1. The Morgan fingerprint density at radius 1 is 1.14 bits per heavy atom. The fourth-order valence-electron chi connectivity index (χ4n) is 2.21. The highest BCUT2D eigenvalue weighted by atomic mass is 19.1. The van der Waals surface area contributed by atoms with Crippen LogP contribution in [0.3, 0.4) is 0 Å². The Morgan fingerprint density at radius 2 is 1.91 bits per heavy atom. The molecule has 22 heavy (non-hydrogen) atoms. The first-order valence-corrected chi connectivity index (χ1v) is 7.07. The van der Waals surface area contributed by atoms with Crippen LogP contribution in [0.5, 0.6) is 0 Å². The molecule has 1 amide bonds. The second-order valence-corrected chi connectivity index (χ2v) is 4.94. The highest BCUT2D eigenvalue weighted by Crippen LogP contribution is 2.14. The van der Waals surface area contributed by atoms with Gasteiger partial charge in [0.25, 0.3) is 0 Å². The molecule has 0 unspecified atom stereocenters. The number of fused-ring (bicyclic) bond motifs is 1. The van der Waals surface area contributed by atoms with Crippen molar-refractivity contribution in [3.8, 4) is 0 Å². The molecule has 3 aromatic rings. The molecule has 0 bridgehead atoms. The first-order valence-electron chi connectivity index (χ1n) is 7.07. The molecule has 1 heterocycles. The summed E-state index contributed by atoms with van der Waals surface area (Å²) in [6.45, 7) is 0.403. The zero-order valence-corrected chi connectivity index (χ0v) is 11.9. The predicted octanol–water partition coefficient (Wildman–Crippen LogP) is 2.87. The highest BCUT2D eigenvalue weighted by molar-refractivity contribution is 5.78. The summed E-state index contributed by atoms with van der Waals surface area (Å²) in [5, 5.41) is 2.75. The number of rotatable bonds is 5. The van der Waals surface area contributed by atoms with Crippen LogP contribution in [0.2, 0.25) is 0 Å². The number of aromatic nitrogens is 1. The van der Waals surface area contributed by atoms with Gasteiger partial charge in [-0.15, -0.1) is 0 Å². The predicted molar refractivity (Wildman–Crippen MR) is 80.8 cm³/mol. The topological polar surface area (TPSA) is 55.1 Å². The molecule has 112 valence electrons. The number of carbonyl (C=O) groups is 1. The molecule has 5 heteroatoms. The van der Waals surface area contributed by atoms with Gasteiger partial charge < -0.3 is 9.73 Å². The number of benzene rings is 2. The van der Waals surface area contributed by atoms with E-state index in [2.05, 4.69) is 10.3 Å². The van der Waals surface area contributed by atoms with Crippen molar-refractivity contribution in [1.82, 2.24) is 10.3 Å². The van der Waals surface area contributed by atoms with E-state index in [1.165, 1.54) is 6.07 Å². The monoisotopic (exact) mass is 298 g/mol. The molecular formula is C17H15FN2O2. The summed E-state index contributed by atoms with van der Waals surface area (Å²) in [5.41, 5.74) is 1.92. The van der Waals surface area contributed by atoms with Gasteiger partial charge in [-0.1, -0.05) is 30.3 Å². The molecule has 1 N–H and O–H groups in total. The number of carbonyl (C=O) groups excluding carboxylic acids is 1. The second kappa shape index (κ2) is 6.39. The van der Waals surface area contributed by atoms with E-state index in [0.717, 1.165) is 11.1 Å². The van der Waals surface area contributed by atoms with Gasteiger partial charge in [-0.25, -0.2) is 9.37 Å². The molecule has 0 aliphatic rings. The second-order valence-electron chi connectivity index (χ2n) is 4.94. The Kier molecular flexibility index (Phi) is 4.14. The molecule has 0 fully saturated rings. The van der Waals surface area contributed by atoms with E-state index in [9.17, 15) is 9.18 Å². The van der Waals surface area contributed by atoms with Gasteiger partial charge in [0.15, 0.2) is 11.5 Å². The summed E-state index contributed by atoms with van der Waals surface area (Å²) in [7, 11) is 0. The lowest BCUT2D eigenvalue weighted by molar-refractivity contribution is -0.120. The van der Waals surface area contributed by atoms with Gasteiger partial charge in [-0.05, 0) is 23.8 Å². The van der Waals surface area contributed by atoms with Crippen LogP contribution in [-0.2, 0) is 17.6 Å². The molecule has 0 aliphatic heterocycles. The average Bonchev–Trinajstić information content (AvgIpc) is 2.92. The Morgan fingerprint density at radius 3 is 2.73 bits per heavy atom. The maximum absolute atomic E-state index is 13.5. The molecule has 0 atom stereocenters. The van der Waals surface area contributed by atoms with Gasteiger partial charge in [-0.3, -0.25) is 4.79 Å². The molecule has 0 spiro atoms. The number of nitrogens with zero attached hydrogens (tertiary/aromatic N) is 1. The number of oxazole rings is 1. The van der Waals surface area contributed by atoms with Crippen LogP contribution in [0.1, 0.15) is 11.5 Å². The summed E-state index contributed by atoms with van der Waals surface area (Å²) < 4.78 is 19.0. The lowest BCUT2D eigenvalue weighted by Gasteiger charge is -2.04. The van der Waals surface area contributed by atoms with Crippen LogP contribution in [0.15, 0.2) is 52.9 Å². The van der Waals surface area contributed by atoms with Crippen molar-refractivity contribution in [2.45, 2.75) is 12.8 Å². The minimum absolute atomic E-state index is 0.0280. The fraction of sp³-hybridized carbons (Fsp3) is 0.176. The Hall–Kier alpha value is -2.69. The minimum Gasteiger partial charge on any atom is -0.441 e. The molecular weight excluding hydrogens is 283 g/mol. The molecule has 0 saturated carbocycles. The molecule has 0 saturated heterocycles. The zero-order chi connectivity index (χ0) is 15.4. The van der Waals surface area contributed by atoms with E-state index in [1.807, 2.05) is 24.3 Å². The zero-order valence-electron chi connectivity index (χ0n) is 11.9. The fourth-order valence-corrected chi connectivity index (χ4v) is 2.21. The van der Waals surface area contributed by atoms with E-state index in [4.69, 9.17) is 4.42 Å². The van der Waals surface area contributed by atoms with Crippen molar-refractivity contribution >= 4 is 17.0 Å². The highest BCUT2D eigenvalue weighted by Gasteiger charge is 2.08. The lowest BCUT2D eigenvalue weighted by Crippen LogP contribution is -2.27. The third-order valence-electron chi connectivity index (χ3n) is 3.31. The Balaban J connectivity index is 1.52. The maximum Gasteiger partial charge on any atom is 0.224 e. The number of halogens is 1. The van der Waals surface area contributed by atoms with Crippen molar-refractivity contribution < 1.29 is 13.6 Å². The molecule has 2 aromatic carbocycles. The van der Waals surface area contributed by atoms with Crippen LogP contribution in [-0.4, -0.2) is 17.4 Å². The maximum atomic E-state index is 13.5. The average molecular weight is 298 g/mol. The quantitative estimate of drug-likeness (QED) is 0.788. The molecule has 0 aliphatic carbocycles. The standard InChI is InChI=1S/C17H15FN2O2/c18-13-6-2-1-5-12(13)11-16(21)19-10-9-17-20-14-7-3-4-8-15(14)22-17/h1-8H,9-11H2,(H,19,21). The van der Waals surface area contributed by atoms with E-state index in [-0.39, 0.29) is 18.1 Å². The first kappa shape index (κ1) is 14.3. The van der Waals surface area contributed by atoms with Gasteiger partial charge >= 0.3 is 0 Å². The van der Waals surface area contributed by atoms with Crippen molar-refractivity contribution in [2.24, 2.45) is 0 Å². The summed E-state index contributed by atoms with van der Waals surface area (Å²) in [6, 6.07) is 13.8. The van der Waals surface area contributed by atoms with E-state index in [1.54, 1.807) is 18.2 Å². The van der Waals surface area contributed by atoms with Crippen LogP contribution in [0.4, 0.5) is 4.39 Å². The number of hydrogen-bond donors (Lipinski definition) is 1. The summed E-state index contributed by atoms with van der Waals surface area (Å²) in [5.74, 6) is -0.00907. The third kappa shape index (κ3) is 3.31. The normalized spacial score (nSPS) is 10.8. The minimum atomic E-state index is -0.364. The molecule has 1 aromatic heterocycles. The van der Waals surface area contributed by atoms with Gasteiger partial charge in [-0.2, -0.15) is 0 Å². The number of amides is 1. The van der Waals surface area contributed by atoms with Crippen LogP contribution in [0.25, 0.3) is 11.1 Å². The van der Waals surface area contributed by atoms with E-state index in [0.29, 0.717) is 24.4 Å². The summed E-state index contributed by atoms with van der Waals surface area (Å²) in [6.07, 6.45) is 0.526. The van der Waals surface area contributed by atoms with Crippen LogP contribution < -0.4 is 5.32 Å². The first-order chi connectivity index (χ1) is 10.7. The van der Waals surface area contributed by atoms with Crippen molar-refractivity contribution in [1.29, 1.82) is 0 Å². The smallest absolute Gasteiger partial charge is 0.224 e. The van der Waals surface area contributed by atoms with E-state index >= 15 is 0 Å². The summed E-state index contributed by atoms with van der Waals surface area (Å²) >= 11 is 0. The van der Waals surface area contributed by atoms with Gasteiger partial charge in [0.05, 0.1) is 6.42 Å². The van der Waals surface area contributed by atoms with Gasteiger partial charge in [0.1, 0.15) is 11.3 Å². The van der Waals surface area contributed by atoms with Crippen LogP contribution in [0, 0.1) is 5.82 Å². The SMILES string of the molecule is O=C(Cc1ccccc1F)NCCc1nc2ccccc2o1. The third-order valence-corrected chi connectivity index (χ3v) is 3.31. The van der Waals surface area contributed by atoms with Crippen LogP contribution >= 0.6 is 0 Å². The van der Waals surface area contributed by atoms with Gasteiger partial charge in [0, 0.05) is 13.0 Å². The molecule has 0 radical (unpaired) electrons. The molecule has 3 rings (SSSR count). The Bertz CT molecular complexity index is 765. The van der Waals surface area contributed by atoms with Crippen molar-refractivity contribution in [2.75, 3.05) is 6.54 Å². The number of hydrogen-bond acceptors (Lipinski definition) is 3. The number of para-hydroxylation sites is 2. The largest absolute Gasteiger partial charge is 0.441 e. The summed E-state index contributed by atoms with van der Waals surface area (Å²) in [4.78, 5) is 16.1. The Labute approximate surface area is 127 Å².